The molecule has 5 rings (SSSR count). The molecule has 1 aliphatic rings. The van der Waals surface area contributed by atoms with Crippen molar-refractivity contribution in [2.45, 2.75) is 31.6 Å². The van der Waals surface area contributed by atoms with Crippen molar-refractivity contribution in [3.63, 3.8) is 0 Å². The summed E-state index contributed by atoms with van der Waals surface area (Å²) in [6.45, 7) is 2.14. The van der Waals surface area contributed by atoms with Crippen molar-refractivity contribution in [2.24, 2.45) is 0 Å². The molecule has 0 N–H and O–H groups in total. The minimum Gasteiger partial charge on any atom is -0.460 e. The predicted molar refractivity (Wildman–Crippen MR) is 117 cm³/mol. The first-order chi connectivity index (χ1) is 17.1. The van der Waals surface area contributed by atoms with Crippen molar-refractivity contribution in [3.8, 4) is 0 Å². The van der Waals surface area contributed by atoms with Gasteiger partial charge in [-0.15, -0.1) is 0 Å². The van der Waals surface area contributed by atoms with Crippen molar-refractivity contribution < 1.29 is 45.0 Å². The molecular weight excluding hydrogens is 514 g/mol. The molecule has 0 aliphatic heterocycles. The van der Waals surface area contributed by atoms with Gasteiger partial charge in [0.25, 0.3) is 11.4 Å². The van der Waals surface area contributed by atoms with Crippen LogP contribution in [0.2, 0.25) is 0 Å². The normalized spacial score (nSPS) is 18.2. The van der Waals surface area contributed by atoms with E-state index in [1.54, 1.807) is 0 Å². The van der Waals surface area contributed by atoms with Gasteiger partial charge in [-0.2, -0.15) is 26.3 Å². The third kappa shape index (κ3) is 3.04. The molecule has 0 atom stereocenters. The van der Waals surface area contributed by atoms with Crippen LogP contribution < -0.4 is 0 Å². The Hall–Kier alpha value is -4.36. The summed E-state index contributed by atoms with van der Waals surface area (Å²) in [5.41, 5.74) is -6.76. The summed E-state index contributed by atoms with van der Waals surface area (Å²) >= 11 is 0. The molecule has 8 nitrogen and oxygen atoms in total. The number of hydrogen-bond donors (Lipinski definition) is 0. The molecule has 1 aliphatic carbocycles. The number of benzene rings is 2. The van der Waals surface area contributed by atoms with Crippen LogP contribution in [0.3, 0.4) is 0 Å². The topological polar surface area (TPSA) is 113 Å². The van der Waals surface area contributed by atoms with Gasteiger partial charge < -0.3 is 8.83 Å². The van der Waals surface area contributed by atoms with E-state index in [-0.39, 0.29) is 21.9 Å². The molecule has 0 bridgehead atoms. The molecule has 0 amide bonds. The fourth-order valence-electron chi connectivity index (χ4n) is 4.65. The van der Waals surface area contributed by atoms with E-state index < -0.39 is 72.8 Å². The van der Waals surface area contributed by atoms with Crippen molar-refractivity contribution >= 4 is 44.5 Å². The molecule has 2 heterocycles. The minimum atomic E-state index is -5.89. The first-order valence-electron chi connectivity index (χ1n) is 10.4. The lowest BCUT2D eigenvalue weighted by atomic mass is 9.91. The fourth-order valence-corrected chi connectivity index (χ4v) is 4.65. The SMILES string of the molecule is Cc1oc2cc([N+](=O)[O-])ccc2c1C1=C(c2c(C)oc3cc([N+](=O)[O-])ccc23)C(F)(F)C(F)(F)C1(F)F. The monoisotopic (exact) mass is 526 g/mol. The number of fused-ring (bicyclic) bond motifs is 2. The number of rotatable bonds is 4. The Bertz CT molecular complexity index is 1580. The van der Waals surface area contributed by atoms with Crippen molar-refractivity contribution in [3.05, 3.63) is 79.3 Å². The summed E-state index contributed by atoms with van der Waals surface area (Å²) in [5, 5.41) is 21.5. The number of hydrogen-bond acceptors (Lipinski definition) is 6. The number of non-ortho nitro benzene ring substituents is 2. The summed E-state index contributed by atoms with van der Waals surface area (Å²) in [7, 11) is 0. The van der Waals surface area contributed by atoms with Gasteiger partial charge >= 0.3 is 17.8 Å². The molecule has 192 valence electrons. The fraction of sp³-hybridized carbons (Fsp3) is 0.217. The Morgan fingerprint density at radius 1 is 0.676 bits per heavy atom. The van der Waals surface area contributed by atoms with Crippen LogP contribution >= 0.6 is 0 Å². The van der Waals surface area contributed by atoms with Crippen LogP contribution in [0.4, 0.5) is 37.7 Å². The highest BCUT2D eigenvalue weighted by atomic mass is 19.3. The lowest BCUT2D eigenvalue weighted by Gasteiger charge is -2.25. The molecule has 0 unspecified atom stereocenters. The maximum absolute atomic E-state index is 15.3. The van der Waals surface area contributed by atoms with Crippen LogP contribution in [-0.4, -0.2) is 27.6 Å². The third-order valence-electron chi connectivity index (χ3n) is 6.29. The number of nitrogens with zero attached hydrogens (tertiary/aromatic N) is 2. The third-order valence-corrected chi connectivity index (χ3v) is 6.29. The Balaban J connectivity index is 1.93. The van der Waals surface area contributed by atoms with Crippen molar-refractivity contribution in [1.29, 1.82) is 0 Å². The van der Waals surface area contributed by atoms with Gasteiger partial charge in [-0.05, 0) is 26.0 Å². The number of nitro benzene ring substituents is 2. The zero-order valence-corrected chi connectivity index (χ0v) is 18.6. The number of halogens is 6. The molecule has 0 saturated carbocycles. The molecule has 2 aromatic carbocycles. The summed E-state index contributed by atoms with van der Waals surface area (Å²) in [4.78, 5) is 20.5. The number of aryl methyl sites for hydroxylation is 2. The number of alkyl halides is 6. The average Bonchev–Trinajstić information content (AvgIpc) is 3.33. The zero-order chi connectivity index (χ0) is 27.2. The van der Waals surface area contributed by atoms with Crippen LogP contribution in [0.15, 0.2) is 45.2 Å². The first-order valence-corrected chi connectivity index (χ1v) is 10.4. The van der Waals surface area contributed by atoms with E-state index in [1.807, 2.05) is 0 Å². The van der Waals surface area contributed by atoms with Gasteiger partial charge in [0.15, 0.2) is 0 Å². The largest absolute Gasteiger partial charge is 0.460 e. The molecule has 0 fully saturated rings. The summed E-state index contributed by atoms with van der Waals surface area (Å²) < 4.78 is 102. The van der Waals surface area contributed by atoms with Crippen LogP contribution in [0.25, 0.3) is 33.1 Å². The maximum atomic E-state index is 15.3. The lowest BCUT2D eigenvalue weighted by Crippen LogP contribution is -2.49. The molecule has 14 heteroatoms. The van der Waals surface area contributed by atoms with Crippen LogP contribution in [0.5, 0.6) is 0 Å². The van der Waals surface area contributed by atoms with Gasteiger partial charge in [0.2, 0.25) is 0 Å². The standard InChI is InChI=1S/C23H12F6N2O6/c1-9-17(13-5-3-11(30(32)33)7-15(13)36-9)19-20(22(26,27)23(28,29)21(19,24)25)18-10(2)37-16-8-12(31(34)35)4-6-14(16)18/h3-8H,1-2H3. The van der Waals surface area contributed by atoms with E-state index in [4.69, 9.17) is 8.83 Å². The van der Waals surface area contributed by atoms with E-state index in [0.29, 0.717) is 0 Å². The van der Waals surface area contributed by atoms with Gasteiger partial charge in [-0.1, -0.05) is 0 Å². The van der Waals surface area contributed by atoms with Gasteiger partial charge in [0, 0.05) is 45.2 Å². The highest BCUT2D eigenvalue weighted by Crippen LogP contribution is 2.66. The molecular formula is C23H12F6N2O6. The second-order valence-electron chi connectivity index (χ2n) is 8.41. The second-order valence-corrected chi connectivity index (χ2v) is 8.41. The van der Waals surface area contributed by atoms with Gasteiger partial charge in [-0.3, -0.25) is 20.2 Å². The number of furan rings is 2. The van der Waals surface area contributed by atoms with Gasteiger partial charge in [0.1, 0.15) is 22.7 Å². The predicted octanol–water partition coefficient (Wildman–Crippen LogP) is 7.44. The Morgan fingerprint density at radius 3 is 1.35 bits per heavy atom. The highest BCUT2D eigenvalue weighted by Gasteiger charge is 2.80. The molecule has 4 aromatic rings. The Morgan fingerprint density at radius 2 is 1.03 bits per heavy atom. The molecule has 37 heavy (non-hydrogen) atoms. The van der Waals surface area contributed by atoms with Crippen LogP contribution in [0, 0.1) is 34.1 Å². The molecule has 0 radical (unpaired) electrons. The molecule has 0 saturated heterocycles. The zero-order valence-electron chi connectivity index (χ0n) is 18.6. The lowest BCUT2D eigenvalue weighted by molar-refractivity contribution is -0.384. The summed E-state index contributed by atoms with van der Waals surface area (Å²) in [6, 6.07) is 5.38. The quantitative estimate of drug-likeness (QED) is 0.155. The maximum Gasteiger partial charge on any atom is 0.380 e. The average molecular weight is 526 g/mol. The summed E-state index contributed by atoms with van der Waals surface area (Å²) in [6.07, 6.45) is 0. The molecule has 2 aromatic heterocycles. The number of allylic oxidation sites excluding steroid dienone is 2. The van der Waals surface area contributed by atoms with E-state index in [2.05, 4.69) is 0 Å². The second kappa shape index (κ2) is 7.33. The molecule has 0 spiro atoms. The van der Waals surface area contributed by atoms with E-state index >= 15 is 17.6 Å². The van der Waals surface area contributed by atoms with Crippen LogP contribution in [-0.2, 0) is 0 Å². The smallest absolute Gasteiger partial charge is 0.380 e. The van der Waals surface area contributed by atoms with E-state index in [0.717, 1.165) is 50.2 Å². The Labute approximate surface area is 201 Å². The minimum absolute atomic E-state index is 0.329. The van der Waals surface area contributed by atoms with E-state index in [9.17, 15) is 29.0 Å². The highest BCUT2D eigenvalue weighted by molar-refractivity contribution is 6.11. The van der Waals surface area contributed by atoms with Crippen molar-refractivity contribution in [2.75, 3.05) is 0 Å². The Kier molecular flexibility index (Phi) is 4.82. The van der Waals surface area contributed by atoms with Crippen molar-refractivity contribution in [1.82, 2.24) is 0 Å². The van der Waals surface area contributed by atoms with Gasteiger partial charge in [-0.25, -0.2) is 0 Å². The summed E-state index contributed by atoms with van der Waals surface area (Å²) in [5.74, 6) is -17.7. The first kappa shape index (κ1) is 24.3. The van der Waals surface area contributed by atoms with Crippen LogP contribution in [0.1, 0.15) is 22.6 Å². The number of nitro groups is 2. The van der Waals surface area contributed by atoms with Gasteiger partial charge in [0.05, 0.1) is 22.0 Å². The van der Waals surface area contributed by atoms with E-state index in [1.165, 1.54) is 0 Å².